The van der Waals surface area contributed by atoms with Gasteiger partial charge >= 0.3 is 5.97 Å². The summed E-state index contributed by atoms with van der Waals surface area (Å²) < 4.78 is 4.88. The molecular weight excluding hydrogens is 260 g/mol. The summed E-state index contributed by atoms with van der Waals surface area (Å²) >= 11 is 0. The predicted octanol–water partition coefficient (Wildman–Crippen LogP) is 1.33. The summed E-state index contributed by atoms with van der Waals surface area (Å²) in [5.74, 6) is -1.09. The maximum absolute atomic E-state index is 11.8. The van der Waals surface area contributed by atoms with Gasteiger partial charge in [-0.2, -0.15) is 0 Å². The van der Waals surface area contributed by atoms with Gasteiger partial charge in [0.15, 0.2) is 0 Å². The number of amides is 2. The third-order valence-electron chi connectivity index (χ3n) is 2.45. The normalized spacial score (nSPS) is 11.3. The standard InChI is InChI=1S/C14H18N2O4/c1-4-20-14(19)11-6-5-7-12(8-11)16-13(18)9(2)15-10(3)17/h5-9H,4H2,1-3H3,(H,15,17)(H,16,18). The molecule has 2 amide bonds. The Labute approximate surface area is 117 Å². The van der Waals surface area contributed by atoms with Crippen molar-refractivity contribution in [2.75, 3.05) is 11.9 Å². The van der Waals surface area contributed by atoms with Crippen LogP contribution in [0.2, 0.25) is 0 Å². The molecular formula is C14H18N2O4. The van der Waals surface area contributed by atoms with E-state index in [1.165, 1.54) is 13.0 Å². The molecule has 0 aliphatic carbocycles. The highest BCUT2D eigenvalue weighted by molar-refractivity contribution is 5.98. The molecule has 108 valence electrons. The summed E-state index contributed by atoms with van der Waals surface area (Å²) in [4.78, 5) is 34.3. The molecule has 0 saturated heterocycles. The average molecular weight is 278 g/mol. The number of anilines is 1. The van der Waals surface area contributed by atoms with Gasteiger partial charge in [-0.05, 0) is 32.0 Å². The molecule has 1 unspecified atom stereocenters. The van der Waals surface area contributed by atoms with Crippen LogP contribution in [0.15, 0.2) is 24.3 Å². The lowest BCUT2D eigenvalue weighted by Crippen LogP contribution is -2.40. The molecule has 1 rings (SSSR count). The Morgan fingerprint density at radius 3 is 2.60 bits per heavy atom. The van der Waals surface area contributed by atoms with Crippen molar-refractivity contribution in [1.29, 1.82) is 0 Å². The molecule has 0 spiro atoms. The Balaban J connectivity index is 2.73. The lowest BCUT2D eigenvalue weighted by atomic mass is 10.2. The van der Waals surface area contributed by atoms with Gasteiger partial charge in [-0.3, -0.25) is 9.59 Å². The third kappa shape index (κ3) is 4.72. The topological polar surface area (TPSA) is 84.5 Å². The first-order valence-electron chi connectivity index (χ1n) is 6.29. The number of ether oxygens (including phenoxy) is 1. The van der Waals surface area contributed by atoms with Crippen LogP contribution in [0, 0.1) is 0 Å². The zero-order valence-corrected chi connectivity index (χ0v) is 11.7. The second-order valence-corrected chi connectivity index (χ2v) is 4.21. The summed E-state index contributed by atoms with van der Waals surface area (Å²) in [6, 6.07) is 5.77. The second-order valence-electron chi connectivity index (χ2n) is 4.21. The summed E-state index contributed by atoms with van der Waals surface area (Å²) in [7, 11) is 0. The van der Waals surface area contributed by atoms with Crippen LogP contribution in [-0.4, -0.2) is 30.4 Å². The zero-order valence-electron chi connectivity index (χ0n) is 11.7. The van der Waals surface area contributed by atoms with E-state index in [2.05, 4.69) is 10.6 Å². The molecule has 1 aromatic rings. The van der Waals surface area contributed by atoms with Gasteiger partial charge in [-0.15, -0.1) is 0 Å². The molecule has 0 fully saturated rings. The molecule has 0 aliphatic rings. The minimum Gasteiger partial charge on any atom is -0.462 e. The number of rotatable bonds is 5. The Hall–Kier alpha value is -2.37. The summed E-state index contributed by atoms with van der Waals surface area (Å²) in [6.45, 7) is 4.92. The molecule has 6 heteroatoms. The van der Waals surface area contributed by atoms with Crippen LogP contribution in [0.3, 0.4) is 0 Å². The Kier molecular flexibility index (Phi) is 5.71. The van der Waals surface area contributed by atoms with E-state index >= 15 is 0 Å². The lowest BCUT2D eigenvalue weighted by Gasteiger charge is -2.13. The van der Waals surface area contributed by atoms with Crippen LogP contribution in [0.5, 0.6) is 0 Å². The molecule has 1 atom stereocenters. The number of benzene rings is 1. The fourth-order valence-corrected chi connectivity index (χ4v) is 1.56. The van der Waals surface area contributed by atoms with E-state index in [1.807, 2.05) is 0 Å². The van der Waals surface area contributed by atoms with E-state index in [9.17, 15) is 14.4 Å². The van der Waals surface area contributed by atoms with Crippen LogP contribution in [0.4, 0.5) is 5.69 Å². The molecule has 6 nitrogen and oxygen atoms in total. The van der Waals surface area contributed by atoms with E-state index < -0.39 is 12.0 Å². The van der Waals surface area contributed by atoms with Crippen molar-refractivity contribution < 1.29 is 19.1 Å². The molecule has 0 saturated carbocycles. The van der Waals surface area contributed by atoms with Crippen LogP contribution in [0.25, 0.3) is 0 Å². The SMILES string of the molecule is CCOC(=O)c1cccc(NC(=O)C(C)NC(C)=O)c1. The van der Waals surface area contributed by atoms with Crippen molar-refractivity contribution in [2.24, 2.45) is 0 Å². The van der Waals surface area contributed by atoms with E-state index in [1.54, 1.807) is 32.0 Å². The zero-order chi connectivity index (χ0) is 15.1. The molecule has 20 heavy (non-hydrogen) atoms. The van der Waals surface area contributed by atoms with Crippen molar-refractivity contribution in [3.05, 3.63) is 29.8 Å². The van der Waals surface area contributed by atoms with Crippen LogP contribution in [-0.2, 0) is 14.3 Å². The van der Waals surface area contributed by atoms with E-state index in [4.69, 9.17) is 4.74 Å². The minimum atomic E-state index is -0.654. The summed E-state index contributed by atoms with van der Waals surface area (Å²) in [5, 5.41) is 5.10. The third-order valence-corrected chi connectivity index (χ3v) is 2.45. The monoisotopic (exact) mass is 278 g/mol. The van der Waals surface area contributed by atoms with Gasteiger partial charge in [0.25, 0.3) is 0 Å². The van der Waals surface area contributed by atoms with E-state index in [0.717, 1.165) is 0 Å². The summed E-state index contributed by atoms with van der Waals surface area (Å²) in [5.41, 5.74) is 0.828. The maximum Gasteiger partial charge on any atom is 0.338 e. The van der Waals surface area contributed by atoms with Crippen molar-refractivity contribution in [3.8, 4) is 0 Å². The first kappa shape index (κ1) is 15.7. The highest BCUT2D eigenvalue weighted by atomic mass is 16.5. The van der Waals surface area contributed by atoms with Crippen molar-refractivity contribution in [2.45, 2.75) is 26.8 Å². The van der Waals surface area contributed by atoms with Gasteiger partial charge in [0, 0.05) is 12.6 Å². The van der Waals surface area contributed by atoms with Crippen molar-refractivity contribution >= 4 is 23.5 Å². The van der Waals surface area contributed by atoms with E-state index in [-0.39, 0.29) is 18.4 Å². The first-order chi connectivity index (χ1) is 9.43. The number of nitrogens with one attached hydrogen (secondary N) is 2. The Bertz CT molecular complexity index is 514. The van der Waals surface area contributed by atoms with Crippen molar-refractivity contribution in [1.82, 2.24) is 5.32 Å². The van der Waals surface area contributed by atoms with Gasteiger partial charge < -0.3 is 15.4 Å². The fourth-order valence-electron chi connectivity index (χ4n) is 1.56. The quantitative estimate of drug-likeness (QED) is 0.796. The molecule has 2 N–H and O–H groups in total. The molecule has 0 heterocycles. The summed E-state index contributed by atoms with van der Waals surface area (Å²) in [6.07, 6.45) is 0. The van der Waals surface area contributed by atoms with Gasteiger partial charge in [-0.25, -0.2) is 4.79 Å². The van der Waals surface area contributed by atoms with Crippen LogP contribution >= 0.6 is 0 Å². The predicted molar refractivity (Wildman–Crippen MR) is 74.3 cm³/mol. The highest BCUT2D eigenvalue weighted by Crippen LogP contribution is 2.12. The number of carbonyl (C=O) groups is 3. The maximum atomic E-state index is 11.8. The average Bonchev–Trinajstić information content (AvgIpc) is 2.38. The molecule has 0 aliphatic heterocycles. The second kappa shape index (κ2) is 7.28. The molecule has 0 radical (unpaired) electrons. The highest BCUT2D eigenvalue weighted by Gasteiger charge is 2.14. The molecule has 0 bridgehead atoms. The van der Waals surface area contributed by atoms with Gasteiger partial charge in [0.2, 0.25) is 11.8 Å². The largest absolute Gasteiger partial charge is 0.462 e. The number of hydrogen-bond donors (Lipinski definition) is 2. The first-order valence-corrected chi connectivity index (χ1v) is 6.29. The minimum absolute atomic E-state index is 0.284. The van der Waals surface area contributed by atoms with Crippen LogP contribution in [0.1, 0.15) is 31.1 Å². The Morgan fingerprint density at radius 2 is 2.00 bits per heavy atom. The number of esters is 1. The molecule has 1 aromatic carbocycles. The van der Waals surface area contributed by atoms with Gasteiger partial charge in [0.1, 0.15) is 6.04 Å². The van der Waals surface area contributed by atoms with Crippen LogP contribution < -0.4 is 10.6 Å². The number of carbonyl (C=O) groups excluding carboxylic acids is 3. The van der Waals surface area contributed by atoms with E-state index in [0.29, 0.717) is 11.3 Å². The number of hydrogen-bond acceptors (Lipinski definition) is 4. The lowest BCUT2D eigenvalue weighted by molar-refractivity contribution is -0.124. The van der Waals surface area contributed by atoms with Gasteiger partial charge in [-0.1, -0.05) is 6.07 Å². The van der Waals surface area contributed by atoms with Crippen molar-refractivity contribution in [3.63, 3.8) is 0 Å². The fraction of sp³-hybridized carbons (Fsp3) is 0.357. The smallest absolute Gasteiger partial charge is 0.338 e. The van der Waals surface area contributed by atoms with Gasteiger partial charge in [0.05, 0.1) is 12.2 Å². The Morgan fingerprint density at radius 1 is 1.30 bits per heavy atom. The molecule has 0 aromatic heterocycles.